The number of aromatic amines is 1. The number of imidazole rings is 1. The second-order valence-corrected chi connectivity index (χ2v) is 7.92. The normalized spacial score (nSPS) is 11.5. The van der Waals surface area contributed by atoms with E-state index in [0.29, 0.717) is 23.6 Å². The van der Waals surface area contributed by atoms with Gasteiger partial charge in [-0.05, 0) is 6.42 Å². The minimum Gasteiger partial charge on any atom is -0.303 e. The maximum absolute atomic E-state index is 12.5. The molecule has 0 saturated heterocycles. The molecule has 0 saturated carbocycles. The van der Waals surface area contributed by atoms with Crippen LogP contribution in [0.1, 0.15) is 57.4 Å². The van der Waals surface area contributed by atoms with Crippen LogP contribution in [0, 0.1) is 10.1 Å². The van der Waals surface area contributed by atoms with Crippen molar-refractivity contribution in [1.29, 1.82) is 0 Å². The molecule has 33 heavy (non-hydrogen) atoms. The molecule has 2 heterocycles. The van der Waals surface area contributed by atoms with Crippen LogP contribution in [0.4, 0.5) is 11.6 Å². The van der Waals surface area contributed by atoms with Gasteiger partial charge in [-0.15, -0.1) is 0 Å². The second kappa shape index (κ2) is 11.2. The van der Waals surface area contributed by atoms with E-state index in [4.69, 9.17) is 0 Å². The van der Waals surface area contributed by atoms with E-state index >= 15 is 0 Å². The van der Waals surface area contributed by atoms with Gasteiger partial charge in [0.1, 0.15) is 0 Å². The number of anilines is 1. The van der Waals surface area contributed by atoms with Crippen molar-refractivity contribution in [2.75, 3.05) is 5.43 Å². The third-order valence-corrected chi connectivity index (χ3v) is 5.45. The van der Waals surface area contributed by atoms with Gasteiger partial charge in [-0.1, -0.05) is 57.6 Å². The SMILES string of the molecule is CCCCCCCCCn1c(N/N=C/c2cccc([N+](=O)[O-])c2)nc2c1c(=O)[nH]c(=O)n2C. The van der Waals surface area contributed by atoms with Crippen LogP contribution in [-0.4, -0.2) is 30.2 Å². The Hall–Kier alpha value is -3.76. The third kappa shape index (κ3) is 5.93. The first kappa shape index (κ1) is 23.9. The van der Waals surface area contributed by atoms with Gasteiger partial charge in [-0.3, -0.25) is 24.5 Å². The number of non-ortho nitro benzene ring substituents is 1. The number of aryl methyl sites for hydroxylation is 2. The van der Waals surface area contributed by atoms with Crippen molar-refractivity contribution < 1.29 is 4.92 Å². The maximum atomic E-state index is 12.5. The third-order valence-electron chi connectivity index (χ3n) is 5.45. The minimum atomic E-state index is -0.542. The molecule has 0 bridgehead atoms. The lowest BCUT2D eigenvalue weighted by molar-refractivity contribution is -0.384. The molecule has 2 N–H and O–H groups in total. The molecule has 0 aliphatic rings. The molecule has 0 amide bonds. The first-order valence-electron chi connectivity index (χ1n) is 11.2. The van der Waals surface area contributed by atoms with Gasteiger partial charge in [-0.25, -0.2) is 10.2 Å². The van der Waals surface area contributed by atoms with Gasteiger partial charge in [0.2, 0.25) is 5.95 Å². The second-order valence-electron chi connectivity index (χ2n) is 7.92. The highest BCUT2D eigenvalue weighted by Crippen LogP contribution is 2.18. The highest BCUT2D eigenvalue weighted by Gasteiger charge is 2.17. The average Bonchev–Trinajstić information content (AvgIpc) is 3.16. The maximum Gasteiger partial charge on any atom is 0.329 e. The number of hydrogen-bond donors (Lipinski definition) is 2. The molecule has 0 unspecified atom stereocenters. The van der Waals surface area contributed by atoms with Gasteiger partial charge in [0.25, 0.3) is 11.2 Å². The number of H-pyrrole nitrogens is 1. The number of rotatable bonds is 12. The molecule has 1 aromatic carbocycles. The van der Waals surface area contributed by atoms with Gasteiger partial charge < -0.3 is 4.57 Å². The molecule has 2 aromatic heterocycles. The Labute approximate surface area is 190 Å². The van der Waals surface area contributed by atoms with Gasteiger partial charge in [-0.2, -0.15) is 10.1 Å². The van der Waals surface area contributed by atoms with Gasteiger partial charge in [0.05, 0.1) is 11.1 Å². The summed E-state index contributed by atoms with van der Waals surface area (Å²) in [6.07, 6.45) is 9.29. The van der Waals surface area contributed by atoms with E-state index in [9.17, 15) is 19.7 Å². The topological polar surface area (TPSA) is 140 Å². The van der Waals surface area contributed by atoms with Crippen LogP contribution in [0.5, 0.6) is 0 Å². The Kier molecular flexibility index (Phi) is 8.11. The quantitative estimate of drug-likeness (QED) is 0.185. The van der Waals surface area contributed by atoms with Gasteiger partial charge >= 0.3 is 5.69 Å². The molecule has 0 radical (unpaired) electrons. The molecule has 0 fully saturated rings. The van der Waals surface area contributed by atoms with E-state index < -0.39 is 16.2 Å². The lowest BCUT2D eigenvalue weighted by atomic mass is 10.1. The summed E-state index contributed by atoms with van der Waals surface area (Å²) in [7, 11) is 1.54. The van der Waals surface area contributed by atoms with E-state index in [2.05, 4.69) is 27.4 Å². The number of hydrazone groups is 1. The number of nitrogens with zero attached hydrogens (tertiary/aromatic N) is 5. The van der Waals surface area contributed by atoms with E-state index in [1.54, 1.807) is 23.7 Å². The monoisotopic (exact) mass is 455 g/mol. The van der Waals surface area contributed by atoms with Crippen molar-refractivity contribution >= 4 is 29.0 Å². The highest BCUT2D eigenvalue weighted by molar-refractivity contribution is 5.81. The first-order chi connectivity index (χ1) is 15.9. The average molecular weight is 456 g/mol. The Morgan fingerprint density at radius 2 is 1.91 bits per heavy atom. The zero-order chi connectivity index (χ0) is 23.8. The molecule has 11 nitrogen and oxygen atoms in total. The number of nitro groups is 1. The van der Waals surface area contributed by atoms with E-state index in [1.165, 1.54) is 48.6 Å². The Morgan fingerprint density at radius 1 is 1.18 bits per heavy atom. The van der Waals surface area contributed by atoms with Gasteiger partial charge in [0.15, 0.2) is 11.2 Å². The van der Waals surface area contributed by atoms with Crippen molar-refractivity contribution in [3.05, 3.63) is 60.8 Å². The standard InChI is InChI=1S/C22H29N7O4/c1-3-4-5-6-7-8-9-13-28-18-19(27(2)22(31)25-20(18)30)24-21(28)26-23-15-16-11-10-12-17(14-16)29(32)33/h10-12,14-15H,3-9,13H2,1-2H3,(H,24,26)(H,25,30,31)/b23-15+. The summed E-state index contributed by atoms with van der Waals surface area (Å²) in [5.41, 5.74) is 2.85. The number of benzene rings is 1. The summed E-state index contributed by atoms with van der Waals surface area (Å²) >= 11 is 0. The summed E-state index contributed by atoms with van der Waals surface area (Å²) in [6.45, 7) is 2.73. The van der Waals surface area contributed by atoms with Gasteiger partial charge in [0, 0.05) is 31.3 Å². The van der Waals surface area contributed by atoms with Crippen LogP contribution in [0.2, 0.25) is 0 Å². The van der Waals surface area contributed by atoms with E-state index in [1.807, 2.05) is 0 Å². The fourth-order valence-electron chi connectivity index (χ4n) is 3.65. The smallest absolute Gasteiger partial charge is 0.303 e. The summed E-state index contributed by atoms with van der Waals surface area (Å²) in [6, 6.07) is 6.07. The van der Waals surface area contributed by atoms with Crippen LogP contribution in [-0.2, 0) is 13.6 Å². The van der Waals surface area contributed by atoms with Crippen molar-refractivity contribution in [2.45, 2.75) is 58.4 Å². The lowest BCUT2D eigenvalue weighted by Crippen LogP contribution is -2.29. The van der Waals surface area contributed by atoms with Crippen molar-refractivity contribution in [2.24, 2.45) is 12.1 Å². The molecule has 0 aliphatic heterocycles. The van der Waals surface area contributed by atoms with Crippen LogP contribution in [0.25, 0.3) is 11.2 Å². The summed E-state index contributed by atoms with van der Waals surface area (Å²) in [4.78, 5) is 41.8. The zero-order valence-corrected chi connectivity index (χ0v) is 18.9. The number of nitro benzene ring substituents is 1. The number of aromatic nitrogens is 4. The van der Waals surface area contributed by atoms with Crippen molar-refractivity contribution in [1.82, 2.24) is 19.1 Å². The molecule has 0 spiro atoms. The lowest BCUT2D eigenvalue weighted by Gasteiger charge is -2.08. The number of hydrogen-bond acceptors (Lipinski definition) is 7. The van der Waals surface area contributed by atoms with Crippen molar-refractivity contribution in [3.8, 4) is 0 Å². The van der Waals surface area contributed by atoms with Crippen LogP contribution >= 0.6 is 0 Å². The molecular weight excluding hydrogens is 426 g/mol. The summed E-state index contributed by atoms with van der Waals surface area (Å²) in [5, 5.41) is 15.1. The number of unbranched alkanes of at least 4 members (excludes halogenated alkanes) is 6. The number of fused-ring (bicyclic) bond motifs is 1. The predicted octanol–water partition coefficient (Wildman–Crippen LogP) is 3.53. The minimum absolute atomic E-state index is 0.0355. The largest absolute Gasteiger partial charge is 0.329 e. The van der Waals surface area contributed by atoms with E-state index in [-0.39, 0.29) is 11.3 Å². The molecule has 11 heteroatoms. The molecule has 0 aliphatic carbocycles. The van der Waals surface area contributed by atoms with Crippen LogP contribution in [0.15, 0.2) is 39.0 Å². The summed E-state index contributed by atoms with van der Waals surface area (Å²) < 4.78 is 3.01. The fourth-order valence-corrected chi connectivity index (χ4v) is 3.65. The molecule has 0 atom stereocenters. The number of nitrogens with one attached hydrogen (secondary N) is 2. The van der Waals surface area contributed by atoms with Crippen molar-refractivity contribution in [3.63, 3.8) is 0 Å². The Balaban J connectivity index is 1.81. The predicted molar refractivity (Wildman–Crippen MR) is 128 cm³/mol. The molecular formula is C22H29N7O4. The zero-order valence-electron chi connectivity index (χ0n) is 18.9. The molecule has 3 aromatic rings. The molecule has 176 valence electrons. The Morgan fingerprint density at radius 3 is 2.64 bits per heavy atom. The fraction of sp³-hybridized carbons (Fsp3) is 0.455. The van der Waals surface area contributed by atoms with Crippen LogP contribution < -0.4 is 16.7 Å². The first-order valence-corrected chi connectivity index (χ1v) is 11.2. The summed E-state index contributed by atoms with van der Waals surface area (Å²) in [5.74, 6) is 0.323. The highest BCUT2D eigenvalue weighted by atomic mass is 16.6. The van der Waals surface area contributed by atoms with E-state index in [0.717, 1.165) is 19.3 Å². The van der Waals surface area contributed by atoms with Crippen LogP contribution in [0.3, 0.4) is 0 Å². The Bertz CT molecular complexity index is 1260. The molecule has 3 rings (SSSR count).